The van der Waals surface area contributed by atoms with Crippen LogP contribution in [0.25, 0.3) is 0 Å². The molecule has 7 nitrogen and oxygen atoms in total. The summed E-state index contributed by atoms with van der Waals surface area (Å²) >= 11 is 6.05. The Morgan fingerprint density at radius 3 is 2.62 bits per heavy atom. The molecule has 0 radical (unpaired) electrons. The van der Waals surface area contributed by atoms with Crippen LogP contribution in [0.15, 0.2) is 71.6 Å². The number of sulfonamides is 1. The second-order valence-corrected chi connectivity index (χ2v) is 10.3. The Morgan fingerprint density at radius 2 is 1.82 bits per heavy atom. The molecule has 1 heterocycles. The first-order valence-corrected chi connectivity index (χ1v) is 12.4. The number of esters is 1. The molecular weight excluding hydrogens is 476 g/mol. The van der Waals surface area contributed by atoms with Crippen LogP contribution in [0.5, 0.6) is 0 Å². The number of rotatable bonds is 6. The van der Waals surface area contributed by atoms with Crippen LogP contribution in [0.4, 0.5) is 11.4 Å². The molecule has 3 aromatic rings. The van der Waals surface area contributed by atoms with Gasteiger partial charge in [0, 0.05) is 16.8 Å². The smallest absolute Gasteiger partial charge is 0.338 e. The fourth-order valence-electron chi connectivity index (χ4n) is 3.94. The number of benzene rings is 3. The maximum Gasteiger partial charge on any atom is 0.338 e. The van der Waals surface area contributed by atoms with Crippen molar-refractivity contribution in [2.45, 2.75) is 31.2 Å². The maximum absolute atomic E-state index is 13.4. The van der Waals surface area contributed by atoms with E-state index in [0.29, 0.717) is 28.4 Å². The Morgan fingerprint density at radius 1 is 1.09 bits per heavy atom. The first-order chi connectivity index (χ1) is 16.2. The molecule has 1 atom stereocenters. The standard InChI is InChI=1S/C25H23ClN2O5S/c1-16-13-18-7-3-4-12-23(18)28(16)34(31,32)20-9-5-8-19(14-20)25(30)33-15-24(29)27-22-11-6-10-21(26)17(22)2/h3-12,14,16H,13,15H2,1-2H3,(H,27,29). The normalized spacial score (nSPS) is 15.0. The van der Waals surface area contributed by atoms with Gasteiger partial charge in [-0.15, -0.1) is 0 Å². The van der Waals surface area contributed by atoms with Gasteiger partial charge >= 0.3 is 5.97 Å². The van der Waals surface area contributed by atoms with Crippen LogP contribution < -0.4 is 9.62 Å². The van der Waals surface area contributed by atoms with Crippen molar-refractivity contribution in [3.8, 4) is 0 Å². The lowest BCUT2D eigenvalue weighted by Crippen LogP contribution is -2.35. The third-order valence-corrected chi connectivity index (χ3v) is 7.98. The van der Waals surface area contributed by atoms with E-state index in [9.17, 15) is 18.0 Å². The predicted molar refractivity (Wildman–Crippen MR) is 131 cm³/mol. The van der Waals surface area contributed by atoms with E-state index < -0.39 is 28.5 Å². The molecule has 1 aliphatic rings. The zero-order valence-electron chi connectivity index (χ0n) is 18.6. The average Bonchev–Trinajstić information content (AvgIpc) is 3.17. The van der Waals surface area contributed by atoms with Gasteiger partial charge in [-0.05, 0) is 67.8 Å². The Hall–Kier alpha value is -3.36. The summed E-state index contributed by atoms with van der Waals surface area (Å²) in [5.74, 6) is -1.34. The van der Waals surface area contributed by atoms with Crippen molar-refractivity contribution < 1.29 is 22.7 Å². The molecule has 0 saturated carbocycles. The summed E-state index contributed by atoms with van der Waals surface area (Å²) < 4.78 is 33.3. The van der Waals surface area contributed by atoms with Gasteiger partial charge in [-0.1, -0.05) is 41.9 Å². The van der Waals surface area contributed by atoms with Gasteiger partial charge in [0.05, 0.1) is 16.1 Å². The first kappa shape index (κ1) is 23.8. The van der Waals surface area contributed by atoms with E-state index in [4.69, 9.17) is 16.3 Å². The number of nitrogens with zero attached hydrogens (tertiary/aromatic N) is 1. The number of para-hydroxylation sites is 1. The van der Waals surface area contributed by atoms with E-state index in [-0.39, 0.29) is 16.5 Å². The highest BCUT2D eigenvalue weighted by Crippen LogP contribution is 2.36. The molecule has 0 bridgehead atoms. The number of halogens is 1. The van der Waals surface area contributed by atoms with Crippen LogP contribution in [-0.2, 0) is 26.0 Å². The van der Waals surface area contributed by atoms with Crippen LogP contribution in [0, 0.1) is 6.92 Å². The second-order valence-electron chi connectivity index (χ2n) is 8.05. The summed E-state index contributed by atoms with van der Waals surface area (Å²) in [6, 6.07) is 17.8. The molecule has 0 aromatic heterocycles. The Balaban J connectivity index is 1.47. The van der Waals surface area contributed by atoms with Crippen LogP contribution in [0.1, 0.15) is 28.4 Å². The van der Waals surface area contributed by atoms with Crippen molar-refractivity contribution in [1.29, 1.82) is 0 Å². The molecule has 0 aliphatic carbocycles. The van der Waals surface area contributed by atoms with Crippen molar-refractivity contribution in [3.05, 3.63) is 88.4 Å². The molecule has 176 valence electrons. The fraction of sp³-hybridized carbons (Fsp3) is 0.200. The molecule has 9 heteroatoms. The van der Waals surface area contributed by atoms with Gasteiger partial charge in [-0.3, -0.25) is 9.10 Å². The van der Waals surface area contributed by atoms with Gasteiger partial charge < -0.3 is 10.1 Å². The maximum atomic E-state index is 13.4. The number of carbonyl (C=O) groups excluding carboxylic acids is 2. The Kier molecular flexibility index (Phi) is 6.63. The SMILES string of the molecule is Cc1c(Cl)cccc1NC(=O)COC(=O)c1cccc(S(=O)(=O)N2c3ccccc3CC2C)c1. The molecule has 3 aromatic carbocycles. The van der Waals surface area contributed by atoms with Gasteiger partial charge in [-0.2, -0.15) is 0 Å². The number of fused-ring (bicyclic) bond motifs is 1. The molecule has 0 fully saturated rings. The first-order valence-electron chi connectivity index (χ1n) is 10.6. The number of carbonyl (C=O) groups is 2. The molecule has 1 N–H and O–H groups in total. The summed E-state index contributed by atoms with van der Waals surface area (Å²) in [7, 11) is -3.90. The van der Waals surface area contributed by atoms with Crippen molar-refractivity contribution >= 4 is 44.9 Å². The van der Waals surface area contributed by atoms with E-state index in [0.717, 1.165) is 5.56 Å². The number of amides is 1. The molecule has 0 spiro atoms. The summed E-state index contributed by atoms with van der Waals surface area (Å²) in [5, 5.41) is 3.14. The summed E-state index contributed by atoms with van der Waals surface area (Å²) in [6.07, 6.45) is 0.609. The van der Waals surface area contributed by atoms with Crippen LogP contribution in [0.2, 0.25) is 5.02 Å². The summed E-state index contributed by atoms with van der Waals surface area (Å²) in [4.78, 5) is 24.8. The average molecular weight is 499 g/mol. The number of anilines is 2. The molecule has 0 saturated heterocycles. The third-order valence-electron chi connectivity index (χ3n) is 5.65. The highest BCUT2D eigenvalue weighted by Gasteiger charge is 2.36. The summed E-state index contributed by atoms with van der Waals surface area (Å²) in [5.41, 5.74) is 2.83. The topological polar surface area (TPSA) is 92.8 Å². The van der Waals surface area contributed by atoms with Crippen LogP contribution in [-0.4, -0.2) is 32.9 Å². The monoisotopic (exact) mass is 498 g/mol. The number of ether oxygens (including phenoxy) is 1. The Bertz CT molecular complexity index is 1370. The Labute approximate surface area is 203 Å². The minimum atomic E-state index is -3.90. The largest absolute Gasteiger partial charge is 0.452 e. The highest BCUT2D eigenvalue weighted by molar-refractivity contribution is 7.92. The van der Waals surface area contributed by atoms with E-state index in [1.165, 1.54) is 28.6 Å². The zero-order chi connectivity index (χ0) is 24.5. The van der Waals surface area contributed by atoms with Crippen LogP contribution in [0.3, 0.4) is 0 Å². The highest BCUT2D eigenvalue weighted by atomic mass is 35.5. The number of hydrogen-bond donors (Lipinski definition) is 1. The molecule has 1 unspecified atom stereocenters. The molecule has 4 rings (SSSR count). The zero-order valence-corrected chi connectivity index (χ0v) is 20.2. The lowest BCUT2D eigenvalue weighted by atomic mass is 10.1. The van der Waals surface area contributed by atoms with Gasteiger partial charge in [0.15, 0.2) is 6.61 Å². The van der Waals surface area contributed by atoms with E-state index in [2.05, 4.69) is 5.32 Å². The molecule has 1 amide bonds. The predicted octanol–water partition coefficient (Wildman–Crippen LogP) is 4.58. The number of nitrogens with one attached hydrogen (secondary N) is 1. The molecular formula is C25H23ClN2O5S. The van der Waals surface area contributed by atoms with E-state index >= 15 is 0 Å². The van der Waals surface area contributed by atoms with E-state index in [1.807, 2.05) is 19.1 Å². The summed E-state index contributed by atoms with van der Waals surface area (Å²) in [6.45, 7) is 3.07. The minimum Gasteiger partial charge on any atom is -0.452 e. The van der Waals surface area contributed by atoms with E-state index in [1.54, 1.807) is 37.3 Å². The minimum absolute atomic E-state index is 0.0236. The molecule has 34 heavy (non-hydrogen) atoms. The quantitative estimate of drug-likeness (QED) is 0.502. The molecule has 1 aliphatic heterocycles. The van der Waals surface area contributed by atoms with Gasteiger partial charge in [0.2, 0.25) is 0 Å². The van der Waals surface area contributed by atoms with Gasteiger partial charge in [0.25, 0.3) is 15.9 Å². The van der Waals surface area contributed by atoms with Crippen molar-refractivity contribution in [3.63, 3.8) is 0 Å². The van der Waals surface area contributed by atoms with Crippen molar-refractivity contribution in [2.24, 2.45) is 0 Å². The van der Waals surface area contributed by atoms with Crippen molar-refractivity contribution in [2.75, 3.05) is 16.2 Å². The van der Waals surface area contributed by atoms with Gasteiger partial charge in [-0.25, -0.2) is 13.2 Å². The number of hydrogen-bond acceptors (Lipinski definition) is 5. The van der Waals surface area contributed by atoms with Crippen molar-refractivity contribution in [1.82, 2.24) is 0 Å². The lowest BCUT2D eigenvalue weighted by molar-refractivity contribution is -0.119. The van der Waals surface area contributed by atoms with Crippen LogP contribution >= 0.6 is 11.6 Å². The second kappa shape index (κ2) is 9.48. The van der Waals surface area contributed by atoms with Gasteiger partial charge in [0.1, 0.15) is 0 Å². The lowest BCUT2D eigenvalue weighted by Gasteiger charge is -2.24. The fourth-order valence-corrected chi connectivity index (χ4v) is 5.86. The third kappa shape index (κ3) is 4.64.